The van der Waals surface area contributed by atoms with E-state index in [-0.39, 0.29) is 5.75 Å². The molecule has 27 heavy (non-hydrogen) atoms. The van der Waals surface area contributed by atoms with Crippen LogP contribution in [0.4, 0.5) is 5.69 Å². The monoisotopic (exact) mass is 366 g/mol. The molecule has 2 aliphatic heterocycles. The van der Waals surface area contributed by atoms with E-state index < -0.39 is 41.2 Å². The molecule has 4 rings (SSSR count). The number of carboxylic acid groups (broad SMARTS) is 1. The van der Waals surface area contributed by atoms with E-state index in [2.05, 4.69) is 0 Å². The van der Waals surface area contributed by atoms with Crippen molar-refractivity contribution in [1.29, 1.82) is 0 Å². The summed E-state index contributed by atoms with van der Waals surface area (Å²) in [5, 5.41) is 23.6. The number of phenolic OH excluding ortho intramolecular Hbond substituents is 1. The third-order valence-electron chi connectivity index (χ3n) is 5.66. The first-order valence-electron chi connectivity index (χ1n) is 8.64. The highest BCUT2D eigenvalue weighted by Gasteiger charge is 2.68. The smallest absolute Gasteiger partial charge is 0.244 e. The lowest BCUT2D eigenvalue weighted by molar-refractivity contribution is -0.735. The number of amides is 2. The normalized spacial score (nSPS) is 29.8. The number of carbonyl (C=O) groups excluding carboxylic acids is 3. The number of fused-ring (bicyclic) bond motifs is 1. The van der Waals surface area contributed by atoms with Gasteiger partial charge in [0.1, 0.15) is 35.1 Å². The lowest BCUT2D eigenvalue weighted by Crippen LogP contribution is -2.98. The number of quaternary nitrogens is 1. The van der Waals surface area contributed by atoms with Crippen LogP contribution in [0.1, 0.15) is 18.5 Å². The number of hydrogen-bond donors (Lipinski definition) is 2. The van der Waals surface area contributed by atoms with Crippen LogP contribution in [-0.2, 0) is 14.4 Å². The number of aliphatic carboxylic acids is 1. The summed E-state index contributed by atoms with van der Waals surface area (Å²) in [4.78, 5) is 39.3. The van der Waals surface area contributed by atoms with Crippen LogP contribution in [0.3, 0.4) is 0 Å². The van der Waals surface area contributed by atoms with E-state index in [0.717, 1.165) is 4.90 Å². The Bertz CT molecular complexity index is 944. The van der Waals surface area contributed by atoms with Crippen molar-refractivity contribution in [2.24, 2.45) is 11.8 Å². The molecule has 0 unspecified atom stereocenters. The van der Waals surface area contributed by atoms with Crippen LogP contribution in [0.15, 0.2) is 54.6 Å². The maximum Gasteiger partial charge on any atom is 0.244 e. The number of rotatable bonds is 3. The molecule has 4 atom stereocenters. The summed E-state index contributed by atoms with van der Waals surface area (Å²) >= 11 is 0. The van der Waals surface area contributed by atoms with Crippen LogP contribution in [0, 0.1) is 11.8 Å². The Hall–Kier alpha value is -3.19. The van der Waals surface area contributed by atoms with Gasteiger partial charge in [0.15, 0.2) is 0 Å². The first kappa shape index (κ1) is 17.2. The molecule has 7 nitrogen and oxygen atoms in total. The number of imide groups is 1. The lowest BCUT2D eigenvalue weighted by Gasteiger charge is -2.29. The molecule has 138 valence electrons. The Morgan fingerprint density at radius 2 is 1.70 bits per heavy atom. The second kappa shape index (κ2) is 5.92. The highest BCUT2D eigenvalue weighted by atomic mass is 16.4. The number of hydrogen-bond acceptors (Lipinski definition) is 5. The van der Waals surface area contributed by atoms with Crippen molar-refractivity contribution >= 4 is 23.5 Å². The summed E-state index contributed by atoms with van der Waals surface area (Å²) in [7, 11) is 0. The molecule has 3 N–H and O–H groups in total. The summed E-state index contributed by atoms with van der Waals surface area (Å²) < 4.78 is 0. The third-order valence-corrected chi connectivity index (χ3v) is 5.66. The Balaban J connectivity index is 1.85. The van der Waals surface area contributed by atoms with Gasteiger partial charge in [-0.25, -0.2) is 4.90 Å². The van der Waals surface area contributed by atoms with Crippen molar-refractivity contribution in [2.75, 3.05) is 4.90 Å². The summed E-state index contributed by atoms with van der Waals surface area (Å²) in [5.41, 5.74) is -0.791. The van der Waals surface area contributed by atoms with Crippen LogP contribution in [0.25, 0.3) is 0 Å². The molecule has 2 aliphatic rings. The topological polar surface area (TPSA) is 114 Å². The van der Waals surface area contributed by atoms with Crippen LogP contribution < -0.4 is 15.3 Å². The zero-order chi connectivity index (χ0) is 19.3. The van der Waals surface area contributed by atoms with Crippen molar-refractivity contribution in [1.82, 2.24) is 0 Å². The Morgan fingerprint density at radius 1 is 1.07 bits per heavy atom. The molecule has 2 amide bonds. The molecular weight excluding hydrogens is 348 g/mol. The molecular formula is C20H18N2O5. The van der Waals surface area contributed by atoms with Crippen LogP contribution >= 0.6 is 0 Å². The maximum absolute atomic E-state index is 13.2. The fourth-order valence-corrected chi connectivity index (χ4v) is 4.34. The van der Waals surface area contributed by atoms with Crippen molar-refractivity contribution in [3.05, 3.63) is 60.2 Å². The average Bonchev–Trinajstić information content (AvgIpc) is 3.11. The van der Waals surface area contributed by atoms with Crippen molar-refractivity contribution in [3.63, 3.8) is 0 Å². The molecule has 2 aromatic carbocycles. The minimum atomic E-state index is -1.62. The van der Waals surface area contributed by atoms with Gasteiger partial charge in [0.25, 0.3) is 0 Å². The second-order valence-electron chi connectivity index (χ2n) is 7.17. The largest absolute Gasteiger partial charge is 0.544 e. The number of para-hydroxylation sites is 2. The zero-order valence-corrected chi connectivity index (χ0v) is 14.5. The van der Waals surface area contributed by atoms with E-state index in [4.69, 9.17) is 0 Å². The lowest BCUT2D eigenvalue weighted by atomic mass is 9.80. The Kier molecular flexibility index (Phi) is 3.78. The van der Waals surface area contributed by atoms with E-state index in [0.29, 0.717) is 11.3 Å². The summed E-state index contributed by atoms with van der Waals surface area (Å²) in [6.07, 6.45) is 0. The van der Waals surface area contributed by atoms with E-state index in [1.807, 2.05) is 0 Å². The van der Waals surface area contributed by atoms with Crippen LogP contribution in [0.2, 0.25) is 0 Å². The number of anilines is 1. The van der Waals surface area contributed by atoms with Crippen LogP contribution in [0.5, 0.6) is 5.75 Å². The van der Waals surface area contributed by atoms with Gasteiger partial charge in [0.2, 0.25) is 11.8 Å². The Labute approximate surface area is 155 Å². The average molecular weight is 366 g/mol. The van der Waals surface area contributed by atoms with Gasteiger partial charge in [-0.2, -0.15) is 0 Å². The van der Waals surface area contributed by atoms with Gasteiger partial charge in [-0.15, -0.1) is 0 Å². The molecule has 0 saturated carbocycles. The van der Waals surface area contributed by atoms with Crippen molar-refractivity contribution in [2.45, 2.75) is 18.5 Å². The van der Waals surface area contributed by atoms with Gasteiger partial charge < -0.3 is 20.3 Å². The van der Waals surface area contributed by atoms with E-state index >= 15 is 0 Å². The van der Waals surface area contributed by atoms with E-state index in [9.17, 15) is 24.6 Å². The Morgan fingerprint density at radius 3 is 2.33 bits per heavy atom. The number of nitrogens with zero attached hydrogens (tertiary/aromatic N) is 1. The first-order chi connectivity index (χ1) is 12.9. The maximum atomic E-state index is 13.2. The number of carboxylic acids is 1. The number of aromatic hydroxyl groups is 1. The predicted octanol–water partition coefficient (Wildman–Crippen LogP) is -0.675. The molecule has 0 aromatic heterocycles. The number of benzene rings is 2. The second-order valence-corrected chi connectivity index (χ2v) is 7.17. The SMILES string of the molecule is C[C@]1(C(=O)[O-])[NH2+][C@@H](c2ccccc2O)[C@H]2C(=O)N(c3ccccc3)C(=O)[C@H]21. The zero-order valence-electron chi connectivity index (χ0n) is 14.5. The summed E-state index contributed by atoms with van der Waals surface area (Å²) in [6.45, 7) is 1.40. The molecule has 2 aromatic rings. The minimum Gasteiger partial charge on any atom is -0.544 e. The van der Waals surface area contributed by atoms with Crippen LogP contribution in [-0.4, -0.2) is 28.4 Å². The number of phenols is 1. The van der Waals surface area contributed by atoms with Gasteiger partial charge in [-0.1, -0.05) is 30.3 Å². The first-order valence-corrected chi connectivity index (χ1v) is 8.64. The van der Waals surface area contributed by atoms with Gasteiger partial charge in [0, 0.05) is 0 Å². The third kappa shape index (κ3) is 2.35. The molecule has 2 fully saturated rings. The molecule has 0 bridgehead atoms. The molecule has 0 spiro atoms. The van der Waals surface area contributed by atoms with E-state index in [1.54, 1.807) is 48.5 Å². The van der Waals surface area contributed by atoms with Crippen molar-refractivity contribution < 1.29 is 29.9 Å². The standard InChI is InChI=1S/C20H18N2O5/c1-20(19(26)27)15-14(16(21-20)12-9-5-6-10-13(12)23)17(24)22(18(15)25)11-7-3-2-4-8-11/h2-10,14-16,21,23H,1H3,(H,26,27)/t14-,15-,16-,20-/m0/s1. The summed E-state index contributed by atoms with van der Waals surface area (Å²) in [5.74, 6) is -4.47. The highest BCUT2D eigenvalue weighted by molar-refractivity contribution is 6.23. The summed E-state index contributed by atoms with van der Waals surface area (Å²) in [6, 6.07) is 14.2. The fourth-order valence-electron chi connectivity index (χ4n) is 4.34. The highest BCUT2D eigenvalue weighted by Crippen LogP contribution is 2.46. The molecule has 0 radical (unpaired) electrons. The van der Waals surface area contributed by atoms with Gasteiger partial charge in [-0.05, 0) is 31.2 Å². The quantitative estimate of drug-likeness (QED) is 0.699. The number of carbonyl (C=O) groups is 3. The number of nitrogens with two attached hydrogens (primary N) is 1. The minimum absolute atomic E-state index is 0.0430. The molecule has 7 heteroatoms. The molecule has 0 aliphatic carbocycles. The molecule has 2 saturated heterocycles. The predicted molar refractivity (Wildman–Crippen MR) is 92.1 cm³/mol. The van der Waals surface area contributed by atoms with Gasteiger partial charge in [0.05, 0.1) is 11.3 Å². The van der Waals surface area contributed by atoms with Crippen molar-refractivity contribution in [3.8, 4) is 5.75 Å². The van der Waals surface area contributed by atoms with Gasteiger partial charge >= 0.3 is 0 Å². The van der Waals surface area contributed by atoms with Gasteiger partial charge in [-0.3, -0.25) is 9.59 Å². The van der Waals surface area contributed by atoms with E-state index in [1.165, 1.54) is 18.3 Å². The fraction of sp³-hybridized carbons (Fsp3) is 0.250. The molecule has 2 heterocycles.